The van der Waals surface area contributed by atoms with E-state index >= 15 is 0 Å². The molecule has 0 unspecified atom stereocenters. The fourth-order valence-electron chi connectivity index (χ4n) is 9.87. The Kier molecular flexibility index (Phi) is 9.03. The number of rotatable bonds is 7. The fraction of sp³-hybridized carbons (Fsp3) is 0.0500. The molecule has 3 heterocycles. The van der Waals surface area contributed by atoms with Crippen LogP contribution in [-0.2, 0) is 5.41 Å². The number of benzene rings is 8. The smallest absolute Gasteiger partial charge is 0.160 e. The molecular formula is C60H41N3S. The van der Waals surface area contributed by atoms with Gasteiger partial charge in [0.25, 0.3) is 0 Å². The first-order valence-corrected chi connectivity index (χ1v) is 22.6. The van der Waals surface area contributed by atoms with Gasteiger partial charge in [0.15, 0.2) is 5.82 Å². The zero-order valence-electron chi connectivity index (χ0n) is 35.5. The molecule has 11 aromatic rings. The molecule has 0 fully saturated rings. The molecule has 8 aromatic carbocycles. The van der Waals surface area contributed by atoms with Crippen molar-refractivity contribution in [3.63, 3.8) is 0 Å². The Balaban J connectivity index is 1.09. The van der Waals surface area contributed by atoms with Crippen LogP contribution < -0.4 is 0 Å². The maximum Gasteiger partial charge on any atom is 0.160 e. The Hall–Kier alpha value is -7.79. The number of fused-ring (bicyclic) bond motifs is 6. The SMILES string of the molecule is CC1(C)c2ccccc2-c2c1ccc(-c1ccccc1-c1cc(-c3cc(-c4ccccc4)cc(-c4ccc5sc6ccccc6c5c4)c3)nc(-c3ccccc3)n1)c2-c1cccnc1. The molecule has 1 aliphatic carbocycles. The van der Waals surface area contributed by atoms with E-state index in [1.54, 1.807) is 0 Å². The topological polar surface area (TPSA) is 38.7 Å². The van der Waals surface area contributed by atoms with Crippen molar-refractivity contribution in [1.82, 2.24) is 15.0 Å². The van der Waals surface area contributed by atoms with Crippen LogP contribution in [0.15, 0.2) is 213 Å². The summed E-state index contributed by atoms with van der Waals surface area (Å²) in [5.41, 5.74) is 18.9. The van der Waals surface area contributed by atoms with Crippen molar-refractivity contribution in [3.8, 4) is 89.5 Å². The van der Waals surface area contributed by atoms with Gasteiger partial charge in [-0.1, -0.05) is 166 Å². The number of thiophene rings is 1. The van der Waals surface area contributed by atoms with Gasteiger partial charge in [-0.25, -0.2) is 9.97 Å². The lowest BCUT2D eigenvalue weighted by Gasteiger charge is -2.23. The standard InChI is InChI=1S/C60H41N3S/c1-60(2)51-25-13-11-24-49(51)58-52(60)29-28-48(57(58)41-20-15-31-61-37-41)45-21-9-10-22-46(45)54-36-53(62-59(63-54)39-18-7-4-8-19-39)44-33-42(38-16-5-3-6-17-38)32-43(34-44)40-27-30-56-50(35-40)47-23-12-14-26-55(47)64-56/h3-37H,1-2H3. The minimum Gasteiger partial charge on any atom is -0.264 e. The fourth-order valence-corrected chi connectivity index (χ4v) is 11.0. The Bertz CT molecular complexity index is 3570. The first-order chi connectivity index (χ1) is 31.5. The van der Waals surface area contributed by atoms with Crippen LogP contribution in [-0.4, -0.2) is 15.0 Å². The molecule has 0 radical (unpaired) electrons. The second-order valence-corrected chi connectivity index (χ2v) is 18.3. The predicted octanol–water partition coefficient (Wildman–Crippen LogP) is 16.2. The van der Waals surface area contributed by atoms with Gasteiger partial charge in [0.1, 0.15) is 0 Å². The molecule has 0 amide bonds. The third-order valence-corrected chi connectivity index (χ3v) is 14.1. The number of hydrogen-bond acceptors (Lipinski definition) is 4. The highest BCUT2D eigenvalue weighted by Gasteiger charge is 2.38. The molecule has 0 aliphatic heterocycles. The first-order valence-electron chi connectivity index (χ1n) is 21.8. The van der Waals surface area contributed by atoms with Crippen molar-refractivity contribution >= 4 is 31.5 Å². The van der Waals surface area contributed by atoms with E-state index in [-0.39, 0.29) is 5.41 Å². The summed E-state index contributed by atoms with van der Waals surface area (Å²) >= 11 is 1.85. The highest BCUT2D eigenvalue weighted by atomic mass is 32.1. The highest BCUT2D eigenvalue weighted by Crippen LogP contribution is 2.55. The Morgan fingerprint density at radius 1 is 0.375 bits per heavy atom. The number of pyridine rings is 1. The van der Waals surface area contributed by atoms with Gasteiger partial charge in [0, 0.05) is 60.2 Å². The van der Waals surface area contributed by atoms with E-state index in [2.05, 4.69) is 207 Å². The molecule has 3 nitrogen and oxygen atoms in total. The minimum atomic E-state index is -0.149. The van der Waals surface area contributed by atoms with Gasteiger partial charge in [0.05, 0.1) is 11.4 Å². The molecule has 1 aliphatic rings. The lowest BCUT2D eigenvalue weighted by molar-refractivity contribution is 0.660. The summed E-state index contributed by atoms with van der Waals surface area (Å²) in [6.07, 6.45) is 3.86. The monoisotopic (exact) mass is 835 g/mol. The summed E-state index contributed by atoms with van der Waals surface area (Å²) in [5, 5.41) is 2.57. The average molecular weight is 836 g/mol. The van der Waals surface area contributed by atoms with Crippen molar-refractivity contribution in [2.75, 3.05) is 0 Å². The van der Waals surface area contributed by atoms with Gasteiger partial charge in [-0.3, -0.25) is 4.98 Å². The lowest BCUT2D eigenvalue weighted by Crippen LogP contribution is -2.14. The highest BCUT2D eigenvalue weighted by molar-refractivity contribution is 7.25. The molecule has 0 bridgehead atoms. The Morgan fingerprint density at radius 2 is 1.02 bits per heavy atom. The van der Waals surface area contributed by atoms with Crippen molar-refractivity contribution < 1.29 is 0 Å². The molecule has 4 heteroatoms. The van der Waals surface area contributed by atoms with Gasteiger partial charge in [-0.2, -0.15) is 0 Å². The normalized spacial score (nSPS) is 12.7. The summed E-state index contributed by atoms with van der Waals surface area (Å²) in [5.74, 6) is 0.679. The largest absolute Gasteiger partial charge is 0.264 e. The molecule has 64 heavy (non-hydrogen) atoms. The van der Waals surface area contributed by atoms with E-state index in [0.29, 0.717) is 5.82 Å². The van der Waals surface area contributed by atoms with Crippen LogP contribution in [0.25, 0.3) is 110 Å². The molecule has 0 saturated heterocycles. The van der Waals surface area contributed by atoms with Crippen LogP contribution in [0.4, 0.5) is 0 Å². The van der Waals surface area contributed by atoms with Gasteiger partial charge >= 0.3 is 0 Å². The van der Waals surface area contributed by atoms with E-state index in [1.165, 1.54) is 53.6 Å². The summed E-state index contributed by atoms with van der Waals surface area (Å²) in [7, 11) is 0. The van der Waals surface area contributed by atoms with Crippen LogP contribution in [0.5, 0.6) is 0 Å². The minimum absolute atomic E-state index is 0.149. The molecule has 0 saturated carbocycles. The van der Waals surface area contributed by atoms with Gasteiger partial charge in [-0.15, -0.1) is 11.3 Å². The third-order valence-electron chi connectivity index (χ3n) is 13.0. The molecule has 0 atom stereocenters. The van der Waals surface area contributed by atoms with E-state index in [0.717, 1.165) is 61.5 Å². The maximum absolute atomic E-state index is 5.42. The molecular weight excluding hydrogens is 795 g/mol. The van der Waals surface area contributed by atoms with E-state index in [9.17, 15) is 0 Å². The second kappa shape index (κ2) is 15.2. The van der Waals surface area contributed by atoms with E-state index in [4.69, 9.17) is 9.97 Å². The molecule has 0 spiro atoms. The van der Waals surface area contributed by atoms with E-state index < -0.39 is 0 Å². The molecule has 302 valence electrons. The van der Waals surface area contributed by atoms with E-state index in [1.807, 2.05) is 35.9 Å². The average Bonchev–Trinajstić information content (AvgIpc) is 3.85. The zero-order chi connectivity index (χ0) is 42.8. The quantitative estimate of drug-likeness (QED) is 0.161. The van der Waals surface area contributed by atoms with Crippen LogP contribution in [0, 0.1) is 0 Å². The summed E-state index contributed by atoms with van der Waals surface area (Å²) < 4.78 is 2.59. The first kappa shape index (κ1) is 37.9. The number of aromatic nitrogens is 3. The summed E-state index contributed by atoms with van der Waals surface area (Å²) in [6, 6.07) is 72.2. The van der Waals surface area contributed by atoms with Crippen LogP contribution >= 0.6 is 11.3 Å². The van der Waals surface area contributed by atoms with Crippen molar-refractivity contribution in [2.45, 2.75) is 19.3 Å². The zero-order valence-corrected chi connectivity index (χ0v) is 36.3. The predicted molar refractivity (Wildman–Crippen MR) is 268 cm³/mol. The van der Waals surface area contributed by atoms with Crippen LogP contribution in [0.3, 0.4) is 0 Å². The third kappa shape index (κ3) is 6.37. The lowest BCUT2D eigenvalue weighted by atomic mass is 9.80. The Morgan fingerprint density at radius 3 is 1.81 bits per heavy atom. The van der Waals surface area contributed by atoms with Crippen molar-refractivity contribution in [3.05, 3.63) is 224 Å². The summed E-state index contributed by atoms with van der Waals surface area (Å²) in [4.78, 5) is 15.5. The molecule has 0 N–H and O–H groups in total. The van der Waals surface area contributed by atoms with Gasteiger partial charge in [0.2, 0.25) is 0 Å². The number of hydrogen-bond donors (Lipinski definition) is 0. The molecule has 3 aromatic heterocycles. The van der Waals surface area contributed by atoms with Crippen molar-refractivity contribution in [1.29, 1.82) is 0 Å². The van der Waals surface area contributed by atoms with Gasteiger partial charge in [-0.05, 0) is 110 Å². The molecule has 12 rings (SSSR count). The van der Waals surface area contributed by atoms with Gasteiger partial charge < -0.3 is 0 Å². The maximum atomic E-state index is 5.42. The summed E-state index contributed by atoms with van der Waals surface area (Å²) in [6.45, 7) is 4.68. The number of nitrogens with zero attached hydrogens (tertiary/aromatic N) is 3. The van der Waals surface area contributed by atoms with Crippen molar-refractivity contribution in [2.24, 2.45) is 0 Å². The second-order valence-electron chi connectivity index (χ2n) is 17.2. The van der Waals surface area contributed by atoms with Crippen LogP contribution in [0.1, 0.15) is 25.0 Å². The Labute approximate surface area is 377 Å². The van der Waals surface area contributed by atoms with Crippen LogP contribution in [0.2, 0.25) is 0 Å².